The van der Waals surface area contributed by atoms with Crippen molar-refractivity contribution in [2.45, 2.75) is 0 Å². The van der Waals surface area contributed by atoms with E-state index in [1.165, 1.54) is 11.5 Å². The SMILES string of the molecule is O=C(COc1ccc2nsnc2c1)Nc1cccc(-c2csnn2)c1. The predicted molar refractivity (Wildman–Crippen MR) is 96.9 cm³/mol. The zero-order chi connectivity index (χ0) is 17.1. The van der Waals surface area contributed by atoms with E-state index in [1.54, 1.807) is 12.1 Å². The Morgan fingerprint density at radius 2 is 2.04 bits per heavy atom. The molecule has 25 heavy (non-hydrogen) atoms. The van der Waals surface area contributed by atoms with Gasteiger partial charge in [0.1, 0.15) is 22.5 Å². The fourth-order valence-corrected chi connectivity index (χ4v) is 3.23. The van der Waals surface area contributed by atoms with Crippen molar-refractivity contribution in [3.8, 4) is 17.0 Å². The molecular weight excluding hydrogens is 358 g/mol. The molecule has 124 valence electrons. The lowest BCUT2D eigenvalue weighted by Gasteiger charge is -2.08. The highest BCUT2D eigenvalue weighted by atomic mass is 32.1. The van der Waals surface area contributed by atoms with Crippen LogP contribution in [0.4, 0.5) is 5.69 Å². The first-order valence-electron chi connectivity index (χ1n) is 7.30. The fraction of sp³-hybridized carbons (Fsp3) is 0.0625. The largest absolute Gasteiger partial charge is 0.484 e. The third-order valence-corrected chi connectivity index (χ3v) is 4.46. The number of fused-ring (bicyclic) bond motifs is 1. The maximum Gasteiger partial charge on any atom is 0.262 e. The highest BCUT2D eigenvalue weighted by molar-refractivity contribution is 7.03. The Bertz CT molecular complexity index is 1020. The summed E-state index contributed by atoms with van der Waals surface area (Å²) in [6.07, 6.45) is 0. The number of nitrogens with zero attached hydrogens (tertiary/aromatic N) is 4. The monoisotopic (exact) mass is 369 g/mol. The second-order valence-corrected chi connectivity index (χ2v) is 6.26. The topological polar surface area (TPSA) is 89.9 Å². The number of anilines is 1. The van der Waals surface area contributed by atoms with Crippen molar-refractivity contribution in [1.82, 2.24) is 18.3 Å². The summed E-state index contributed by atoms with van der Waals surface area (Å²) in [5.41, 5.74) is 3.93. The van der Waals surface area contributed by atoms with E-state index in [-0.39, 0.29) is 12.5 Å². The molecule has 0 saturated heterocycles. The molecule has 2 heterocycles. The van der Waals surface area contributed by atoms with Crippen molar-refractivity contribution in [3.63, 3.8) is 0 Å². The van der Waals surface area contributed by atoms with E-state index < -0.39 is 0 Å². The zero-order valence-electron chi connectivity index (χ0n) is 12.7. The summed E-state index contributed by atoms with van der Waals surface area (Å²) in [4.78, 5) is 12.1. The van der Waals surface area contributed by atoms with Gasteiger partial charge in [-0.15, -0.1) is 5.10 Å². The van der Waals surface area contributed by atoms with Gasteiger partial charge in [0.25, 0.3) is 5.91 Å². The maximum absolute atomic E-state index is 12.1. The molecule has 7 nitrogen and oxygen atoms in total. The van der Waals surface area contributed by atoms with Gasteiger partial charge in [-0.3, -0.25) is 4.79 Å². The number of carbonyl (C=O) groups excluding carboxylic acids is 1. The van der Waals surface area contributed by atoms with Crippen LogP contribution in [0.15, 0.2) is 47.8 Å². The summed E-state index contributed by atoms with van der Waals surface area (Å²) >= 11 is 2.43. The number of rotatable bonds is 5. The lowest BCUT2D eigenvalue weighted by Crippen LogP contribution is -2.20. The zero-order valence-corrected chi connectivity index (χ0v) is 14.4. The molecule has 0 radical (unpaired) electrons. The van der Waals surface area contributed by atoms with E-state index >= 15 is 0 Å². The second-order valence-electron chi connectivity index (χ2n) is 5.12. The molecule has 0 aliphatic heterocycles. The quantitative estimate of drug-likeness (QED) is 0.581. The summed E-state index contributed by atoms with van der Waals surface area (Å²) in [5.74, 6) is 0.336. The molecule has 1 amide bonds. The Labute approximate surface area is 150 Å². The number of amides is 1. The number of carbonyl (C=O) groups is 1. The van der Waals surface area contributed by atoms with Crippen LogP contribution in [-0.4, -0.2) is 30.8 Å². The Kier molecular flexibility index (Phi) is 4.32. The minimum atomic E-state index is -0.245. The van der Waals surface area contributed by atoms with Gasteiger partial charge in [0.2, 0.25) is 0 Å². The molecule has 2 aromatic heterocycles. The Hall–Kier alpha value is -2.91. The van der Waals surface area contributed by atoms with Crippen LogP contribution in [0.25, 0.3) is 22.3 Å². The number of benzene rings is 2. The van der Waals surface area contributed by atoms with Gasteiger partial charge in [0, 0.05) is 22.7 Å². The third kappa shape index (κ3) is 3.62. The average molecular weight is 369 g/mol. The molecule has 0 saturated carbocycles. The molecule has 4 aromatic rings. The van der Waals surface area contributed by atoms with Crippen LogP contribution in [0, 0.1) is 0 Å². The number of aromatic nitrogens is 4. The van der Waals surface area contributed by atoms with Crippen LogP contribution < -0.4 is 10.1 Å². The highest BCUT2D eigenvalue weighted by Gasteiger charge is 2.07. The maximum atomic E-state index is 12.1. The van der Waals surface area contributed by atoms with E-state index in [0.29, 0.717) is 11.4 Å². The van der Waals surface area contributed by atoms with Crippen LogP contribution in [0.5, 0.6) is 5.75 Å². The molecule has 4 rings (SSSR count). The molecule has 9 heteroatoms. The molecule has 0 atom stereocenters. The van der Waals surface area contributed by atoms with Crippen molar-refractivity contribution < 1.29 is 9.53 Å². The first-order chi connectivity index (χ1) is 12.3. The van der Waals surface area contributed by atoms with Crippen molar-refractivity contribution in [1.29, 1.82) is 0 Å². The van der Waals surface area contributed by atoms with Gasteiger partial charge in [-0.25, -0.2) is 0 Å². The van der Waals surface area contributed by atoms with Gasteiger partial charge < -0.3 is 10.1 Å². The normalized spacial score (nSPS) is 10.7. The Morgan fingerprint density at radius 1 is 1.12 bits per heavy atom. The summed E-state index contributed by atoms with van der Waals surface area (Å²) in [6.45, 7) is -0.0917. The van der Waals surface area contributed by atoms with Gasteiger partial charge in [-0.2, -0.15) is 8.75 Å². The molecule has 0 spiro atoms. The summed E-state index contributed by atoms with van der Waals surface area (Å²) in [7, 11) is 0. The first kappa shape index (κ1) is 15.6. The molecule has 0 fully saturated rings. The first-order valence-corrected chi connectivity index (χ1v) is 8.87. The smallest absolute Gasteiger partial charge is 0.262 e. The summed E-state index contributed by atoms with van der Waals surface area (Å²) in [6, 6.07) is 12.8. The van der Waals surface area contributed by atoms with Crippen molar-refractivity contribution in [3.05, 3.63) is 47.8 Å². The minimum Gasteiger partial charge on any atom is -0.484 e. The van der Waals surface area contributed by atoms with E-state index in [2.05, 4.69) is 23.7 Å². The molecule has 1 N–H and O–H groups in total. The van der Waals surface area contributed by atoms with Crippen LogP contribution in [0.3, 0.4) is 0 Å². The van der Waals surface area contributed by atoms with Crippen LogP contribution >= 0.6 is 23.3 Å². The van der Waals surface area contributed by atoms with Crippen molar-refractivity contribution in [2.75, 3.05) is 11.9 Å². The van der Waals surface area contributed by atoms with Gasteiger partial charge in [-0.1, -0.05) is 16.6 Å². The predicted octanol–water partition coefficient (Wildman–Crippen LogP) is 3.23. The van der Waals surface area contributed by atoms with Gasteiger partial charge >= 0.3 is 0 Å². The average Bonchev–Trinajstić information content (AvgIpc) is 3.31. The minimum absolute atomic E-state index is 0.0917. The molecule has 0 aliphatic carbocycles. The van der Waals surface area contributed by atoms with Crippen LogP contribution in [-0.2, 0) is 4.79 Å². The van der Waals surface area contributed by atoms with Gasteiger partial charge in [0.05, 0.1) is 11.7 Å². The lowest BCUT2D eigenvalue weighted by molar-refractivity contribution is -0.118. The molecular formula is C16H11N5O2S2. The highest BCUT2D eigenvalue weighted by Crippen LogP contribution is 2.22. The van der Waals surface area contributed by atoms with Crippen molar-refractivity contribution >= 4 is 45.9 Å². The number of hydrogen-bond acceptors (Lipinski definition) is 8. The molecule has 0 aliphatic rings. The molecule has 2 aromatic carbocycles. The van der Waals surface area contributed by atoms with E-state index in [9.17, 15) is 4.79 Å². The lowest BCUT2D eigenvalue weighted by atomic mass is 10.1. The molecule has 0 unspecified atom stereocenters. The second kappa shape index (κ2) is 6.91. The standard InChI is InChI=1S/C16H11N5O2S2/c22-16(8-23-12-4-5-13-14(7-12)20-25-19-13)17-11-3-1-2-10(6-11)15-9-24-21-18-15/h1-7,9H,8H2,(H,17,22). The van der Waals surface area contributed by atoms with E-state index in [1.807, 2.05) is 35.7 Å². The van der Waals surface area contributed by atoms with Gasteiger partial charge in [0.15, 0.2) is 6.61 Å². The number of ether oxygens (including phenoxy) is 1. The Balaban J connectivity index is 1.39. The van der Waals surface area contributed by atoms with E-state index in [4.69, 9.17) is 4.74 Å². The van der Waals surface area contributed by atoms with Gasteiger partial charge in [-0.05, 0) is 35.8 Å². The van der Waals surface area contributed by atoms with Crippen molar-refractivity contribution in [2.24, 2.45) is 0 Å². The van der Waals surface area contributed by atoms with Crippen LogP contribution in [0.1, 0.15) is 0 Å². The Morgan fingerprint density at radius 3 is 2.92 bits per heavy atom. The summed E-state index contributed by atoms with van der Waals surface area (Å²) in [5, 5.41) is 8.69. The molecule has 0 bridgehead atoms. The number of nitrogens with one attached hydrogen (secondary N) is 1. The fourth-order valence-electron chi connectivity index (χ4n) is 2.24. The van der Waals surface area contributed by atoms with E-state index in [0.717, 1.165) is 34.0 Å². The summed E-state index contributed by atoms with van der Waals surface area (Å²) < 4.78 is 17.6. The number of hydrogen-bond donors (Lipinski definition) is 1. The third-order valence-electron chi connectivity index (χ3n) is 3.40. The van der Waals surface area contributed by atoms with Crippen LogP contribution in [0.2, 0.25) is 0 Å².